The molecule has 4 atom stereocenters. The minimum Gasteiger partial charge on any atom is -0.414 e. The van der Waals surface area contributed by atoms with E-state index in [4.69, 9.17) is 18.6 Å². The van der Waals surface area contributed by atoms with E-state index in [1.165, 1.54) is 6.08 Å². The zero-order chi connectivity index (χ0) is 17.0. The lowest BCUT2D eigenvalue weighted by molar-refractivity contribution is -0.226. The van der Waals surface area contributed by atoms with Crippen LogP contribution in [0.5, 0.6) is 0 Å². The second-order valence-corrected chi connectivity index (χ2v) is 13.0. The molecule has 2 aliphatic rings. The van der Waals surface area contributed by atoms with Gasteiger partial charge in [0.1, 0.15) is 17.8 Å². The topological polar surface area (TPSA) is 57.2 Å². The molecule has 0 saturated carbocycles. The zero-order valence-corrected chi connectivity index (χ0v) is 15.8. The van der Waals surface area contributed by atoms with E-state index in [2.05, 4.69) is 40.4 Å². The van der Waals surface area contributed by atoms with Gasteiger partial charge in [-0.1, -0.05) is 26.8 Å². The molecule has 0 radical (unpaired) electrons. The van der Waals surface area contributed by atoms with Crippen LogP contribution in [0.25, 0.3) is 0 Å². The molecule has 2 aliphatic heterocycles. The van der Waals surface area contributed by atoms with Gasteiger partial charge in [0.05, 0.1) is 6.61 Å². The standard InChI is InChI=1S/C16H30O5Si/c1-9-16(17)11(10-18-22(7,8)14(2,3)4)19-13-12(16)20-15(5,6)21-13/h9,11-13,17H,1,10H2,2-8H3/t11-,12+,13-,16-/m1/s1. The van der Waals surface area contributed by atoms with Gasteiger partial charge < -0.3 is 23.7 Å². The quantitative estimate of drug-likeness (QED) is 0.634. The van der Waals surface area contributed by atoms with Crippen molar-refractivity contribution >= 4 is 8.32 Å². The van der Waals surface area contributed by atoms with E-state index in [1.807, 2.05) is 0 Å². The summed E-state index contributed by atoms with van der Waals surface area (Å²) in [5.41, 5.74) is -1.30. The van der Waals surface area contributed by atoms with Crippen molar-refractivity contribution in [2.75, 3.05) is 6.61 Å². The minimum absolute atomic E-state index is 0.1000. The fraction of sp³-hybridized carbons (Fsp3) is 0.875. The van der Waals surface area contributed by atoms with Crippen LogP contribution in [-0.4, -0.2) is 49.9 Å². The molecule has 2 rings (SSSR count). The Bertz CT molecular complexity index is 442. The molecule has 0 unspecified atom stereocenters. The summed E-state index contributed by atoms with van der Waals surface area (Å²) in [6.07, 6.45) is -0.216. The van der Waals surface area contributed by atoms with Crippen LogP contribution in [0.1, 0.15) is 34.6 Å². The minimum atomic E-state index is -1.92. The Morgan fingerprint density at radius 2 is 1.86 bits per heavy atom. The molecule has 2 fully saturated rings. The van der Waals surface area contributed by atoms with Crippen molar-refractivity contribution in [3.05, 3.63) is 12.7 Å². The first-order valence-corrected chi connectivity index (χ1v) is 10.7. The second kappa shape index (κ2) is 5.39. The van der Waals surface area contributed by atoms with Crippen molar-refractivity contribution in [1.82, 2.24) is 0 Å². The summed E-state index contributed by atoms with van der Waals surface area (Å²) in [5, 5.41) is 11.0. The van der Waals surface area contributed by atoms with Gasteiger partial charge in [-0.15, -0.1) is 6.58 Å². The average Bonchev–Trinajstić information content (AvgIpc) is 2.78. The van der Waals surface area contributed by atoms with Crippen molar-refractivity contribution < 1.29 is 23.7 Å². The molecule has 22 heavy (non-hydrogen) atoms. The number of fused-ring (bicyclic) bond motifs is 1. The Morgan fingerprint density at radius 3 is 2.36 bits per heavy atom. The molecule has 0 aromatic carbocycles. The van der Waals surface area contributed by atoms with Gasteiger partial charge in [-0.25, -0.2) is 0 Å². The SMILES string of the molecule is C=C[C@@]1(O)[C@@H](CO[Si](C)(C)C(C)(C)C)O[C@@H]2OC(C)(C)O[C@@H]21. The number of ether oxygens (including phenoxy) is 3. The summed E-state index contributed by atoms with van der Waals surface area (Å²) in [6.45, 7) is 18.6. The maximum absolute atomic E-state index is 10.9. The Hall–Kier alpha value is -0.243. The molecule has 0 bridgehead atoms. The molecular weight excluding hydrogens is 300 g/mol. The zero-order valence-electron chi connectivity index (χ0n) is 14.8. The molecule has 5 nitrogen and oxygen atoms in total. The second-order valence-electron chi connectivity index (χ2n) is 8.21. The smallest absolute Gasteiger partial charge is 0.192 e. The van der Waals surface area contributed by atoms with E-state index >= 15 is 0 Å². The molecule has 1 N–H and O–H groups in total. The average molecular weight is 330 g/mol. The third-order valence-electron chi connectivity index (χ3n) is 5.06. The highest BCUT2D eigenvalue weighted by atomic mass is 28.4. The Kier molecular flexibility index (Phi) is 4.44. The number of hydrogen-bond acceptors (Lipinski definition) is 5. The van der Waals surface area contributed by atoms with Crippen molar-refractivity contribution in [1.29, 1.82) is 0 Å². The summed E-state index contributed by atoms with van der Waals surface area (Å²) >= 11 is 0. The highest BCUT2D eigenvalue weighted by Crippen LogP contribution is 2.44. The molecule has 0 aromatic rings. The predicted molar refractivity (Wildman–Crippen MR) is 87.0 cm³/mol. The first kappa shape index (κ1) is 18.1. The molecule has 0 amide bonds. The van der Waals surface area contributed by atoms with Crippen LogP contribution in [0.2, 0.25) is 18.1 Å². The number of aliphatic hydroxyl groups is 1. The van der Waals surface area contributed by atoms with Gasteiger partial charge in [0.25, 0.3) is 0 Å². The number of hydrogen-bond donors (Lipinski definition) is 1. The van der Waals surface area contributed by atoms with E-state index in [1.54, 1.807) is 13.8 Å². The Morgan fingerprint density at radius 1 is 1.27 bits per heavy atom. The molecule has 0 aromatic heterocycles. The van der Waals surface area contributed by atoms with Crippen LogP contribution >= 0.6 is 0 Å². The molecule has 6 heteroatoms. The van der Waals surface area contributed by atoms with Crippen molar-refractivity contribution in [2.24, 2.45) is 0 Å². The van der Waals surface area contributed by atoms with Crippen molar-refractivity contribution in [3.8, 4) is 0 Å². The maximum Gasteiger partial charge on any atom is 0.192 e. The van der Waals surface area contributed by atoms with Gasteiger partial charge in [-0.2, -0.15) is 0 Å². The Labute approximate surface area is 134 Å². The molecule has 128 valence electrons. The third kappa shape index (κ3) is 3.05. The van der Waals surface area contributed by atoms with E-state index in [0.29, 0.717) is 6.61 Å². The highest BCUT2D eigenvalue weighted by molar-refractivity contribution is 6.74. The maximum atomic E-state index is 10.9. The van der Waals surface area contributed by atoms with Crippen LogP contribution in [0, 0.1) is 0 Å². The summed E-state index contributed by atoms with van der Waals surface area (Å²) in [6, 6.07) is 0. The van der Waals surface area contributed by atoms with Gasteiger partial charge in [0.2, 0.25) is 0 Å². The molecule has 2 saturated heterocycles. The van der Waals surface area contributed by atoms with E-state index in [9.17, 15) is 5.11 Å². The largest absolute Gasteiger partial charge is 0.414 e. The first-order chi connectivity index (χ1) is 9.82. The lowest BCUT2D eigenvalue weighted by Gasteiger charge is -2.38. The fourth-order valence-electron chi connectivity index (χ4n) is 2.52. The summed E-state index contributed by atoms with van der Waals surface area (Å²) in [7, 11) is -1.92. The van der Waals surface area contributed by atoms with Crippen LogP contribution in [0.15, 0.2) is 12.7 Å². The molecular formula is C16H30O5Si. The van der Waals surface area contributed by atoms with Crippen molar-refractivity contribution in [3.63, 3.8) is 0 Å². The van der Waals surface area contributed by atoms with Gasteiger partial charge in [-0.3, -0.25) is 0 Å². The lowest BCUT2D eigenvalue weighted by atomic mass is 9.93. The molecule has 2 heterocycles. The Balaban J connectivity index is 2.09. The summed E-state index contributed by atoms with van der Waals surface area (Å²) in [4.78, 5) is 0. The fourth-order valence-corrected chi connectivity index (χ4v) is 3.52. The van der Waals surface area contributed by atoms with Crippen LogP contribution in [-0.2, 0) is 18.6 Å². The van der Waals surface area contributed by atoms with E-state index in [-0.39, 0.29) is 5.04 Å². The van der Waals surface area contributed by atoms with Crippen LogP contribution in [0.4, 0.5) is 0 Å². The molecule has 0 aliphatic carbocycles. The van der Waals surface area contributed by atoms with Gasteiger partial charge in [0.15, 0.2) is 20.4 Å². The van der Waals surface area contributed by atoms with Crippen LogP contribution in [0.3, 0.4) is 0 Å². The third-order valence-corrected chi connectivity index (χ3v) is 9.56. The van der Waals surface area contributed by atoms with Gasteiger partial charge in [-0.05, 0) is 32.0 Å². The van der Waals surface area contributed by atoms with E-state index in [0.717, 1.165) is 0 Å². The predicted octanol–water partition coefficient (Wildman–Crippen LogP) is 2.80. The lowest BCUT2D eigenvalue weighted by Crippen LogP contribution is -2.51. The van der Waals surface area contributed by atoms with Gasteiger partial charge in [0, 0.05) is 0 Å². The monoisotopic (exact) mass is 330 g/mol. The van der Waals surface area contributed by atoms with E-state index < -0.39 is 38.2 Å². The highest BCUT2D eigenvalue weighted by Gasteiger charge is 2.62. The summed E-state index contributed by atoms with van der Waals surface area (Å²) in [5.74, 6) is -0.766. The molecule has 0 spiro atoms. The first-order valence-electron chi connectivity index (χ1n) is 7.83. The van der Waals surface area contributed by atoms with Crippen molar-refractivity contribution in [2.45, 2.75) is 82.6 Å². The van der Waals surface area contributed by atoms with Gasteiger partial charge >= 0.3 is 0 Å². The van der Waals surface area contributed by atoms with Crippen LogP contribution < -0.4 is 0 Å². The normalized spacial score (nSPS) is 38.1. The number of rotatable bonds is 4. The summed E-state index contributed by atoms with van der Waals surface area (Å²) < 4.78 is 23.6.